The Morgan fingerprint density at radius 2 is 2.16 bits per heavy atom. The van der Waals surface area contributed by atoms with Gasteiger partial charge in [-0.1, -0.05) is 18.2 Å². The van der Waals surface area contributed by atoms with Crippen molar-refractivity contribution in [2.75, 3.05) is 18.6 Å². The number of benzene rings is 1. The quantitative estimate of drug-likeness (QED) is 0.899. The zero-order chi connectivity index (χ0) is 14.0. The molecule has 0 radical (unpaired) electrons. The summed E-state index contributed by atoms with van der Waals surface area (Å²) in [6.07, 6.45) is 0.729. The van der Waals surface area contributed by atoms with Gasteiger partial charge in [0, 0.05) is 12.6 Å². The molecular formula is C14H21NO3S. The summed E-state index contributed by atoms with van der Waals surface area (Å²) >= 11 is 0. The van der Waals surface area contributed by atoms with Crippen LogP contribution < -0.4 is 0 Å². The summed E-state index contributed by atoms with van der Waals surface area (Å²) in [4.78, 5) is 2.11. The Balaban J connectivity index is 2.03. The average molecular weight is 283 g/mol. The van der Waals surface area contributed by atoms with Gasteiger partial charge in [0.15, 0.2) is 9.84 Å². The molecule has 0 bridgehead atoms. The summed E-state index contributed by atoms with van der Waals surface area (Å²) in [7, 11) is -0.853. The number of aliphatic hydroxyl groups is 1. The minimum Gasteiger partial charge on any atom is -0.392 e. The number of aliphatic hydroxyl groups excluding tert-OH is 1. The number of hydrogen-bond acceptors (Lipinski definition) is 4. The SMILES string of the molecule is Cc1cc(CN(C)C2CCS(=O)(=O)C2)ccc1CO. The third-order valence-corrected chi connectivity index (χ3v) is 5.59. The van der Waals surface area contributed by atoms with Gasteiger partial charge in [0.1, 0.15) is 0 Å². The van der Waals surface area contributed by atoms with E-state index in [1.54, 1.807) is 0 Å². The first-order chi connectivity index (χ1) is 8.91. The third kappa shape index (κ3) is 3.55. The molecule has 1 aliphatic rings. The van der Waals surface area contributed by atoms with E-state index >= 15 is 0 Å². The topological polar surface area (TPSA) is 57.6 Å². The molecule has 1 N–H and O–H groups in total. The maximum atomic E-state index is 11.5. The van der Waals surface area contributed by atoms with Gasteiger partial charge < -0.3 is 5.11 Å². The van der Waals surface area contributed by atoms with Gasteiger partial charge in [0.25, 0.3) is 0 Å². The molecule has 1 fully saturated rings. The van der Waals surface area contributed by atoms with Crippen LogP contribution in [0.5, 0.6) is 0 Å². The van der Waals surface area contributed by atoms with Crippen LogP contribution >= 0.6 is 0 Å². The van der Waals surface area contributed by atoms with Gasteiger partial charge in [-0.05, 0) is 37.1 Å². The van der Waals surface area contributed by atoms with Crippen molar-refractivity contribution in [3.05, 3.63) is 34.9 Å². The third-order valence-electron chi connectivity index (χ3n) is 3.84. The molecule has 1 aliphatic heterocycles. The lowest BCUT2D eigenvalue weighted by atomic mass is 10.0. The van der Waals surface area contributed by atoms with E-state index in [-0.39, 0.29) is 18.4 Å². The van der Waals surface area contributed by atoms with Gasteiger partial charge in [0.2, 0.25) is 0 Å². The van der Waals surface area contributed by atoms with Crippen LogP contribution in [0.3, 0.4) is 0 Å². The lowest BCUT2D eigenvalue weighted by molar-refractivity contribution is 0.253. The highest BCUT2D eigenvalue weighted by Gasteiger charge is 2.30. The molecule has 1 saturated heterocycles. The van der Waals surface area contributed by atoms with Crippen molar-refractivity contribution < 1.29 is 13.5 Å². The second-order valence-electron chi connectivity index (χ2n) is 5.39. The lowest BCUT2D eigenvalue weighted by Crippen LogP contribution is -2.32. The molecule has 19 heavy (non-hydrogen) atoms. The smallest absolute Gasteiger partial charge is 0.151 e. The normalized spacial score (nSPS) is 22.0. The summed E-state index contributed by atoms with van der Waals surface area (Å²) in [6.45, 7) is 2.78. The Bertz CT molecular complexity index is 554. The highest BCUT2D eigenvalue weighted by atomic mass is 32.2. The lowest BCUT2D eigenvalue weighted by Gasteiger charge is -2.23. The van der Waals surface area contributed by atoms with E-state index < -0.39 is 9.84 Å². The predicted octanol–water partition coefficient (Wildman–Crippen LogP) is 1.11. The Labute approximate surface area is 115 Å². The summed E-state index contributed by atoms with van der Waals surface area (Å²) in [6, 6.07) is 6.12. The highest BCUT2D eigenvalue weighted by Crippen LogP contribution is 2.19. The standard InChI is InChI=1S/C14H21NO3S/c1-11-7-12(3-4-13(11)9-16)8-15(2)14-5-6-19(17,18)10-14/h3-4,7,14,16H,5-6,8-10H2,1-2H3. The molecule has 1 heterocycles. The van der Waals surface area contributed by atoms with E-state index in [1.165, 1.54) is 0 Å². The maximum absolute atomic E-state index is 11.5. The van der Waals surface area contributed by atoms with Gasteiger partial charge in [-0.3, -0.25) is 4.90 Å². The van der Waals surface area contributed by atoms with Crippen LogP contribution in [0, 0.1) is 6.92 Å². The Kier molecular flexibility index (Phi) is 4.28. The fourth-order valence-electron chi connectivity index (χ4n) is 2.57. The number of sulfone groups is 1. The van der Waals surface area contributed by atoms with Gasteiger partial charge in [0.05, 0.1) is 18.1 Å². The first-order valence-electron chi connectivity index (χ1n) is 6.51. The van der Waals surface area contributed by atoms with Crippen molar-refractivity contribution in [1.29, 1.82) is 0 Å². The van der Waals surface area contributed by atoms with Crippen LogP contribution in [0.4, 0.5) is 0 Å². The zero-order valence-electron chi connectivity index (χ0n) is 11.5. The van der Waals surface area contributed by atoms with E-state index in [0.29, 0.717) is 5.75 Å². The maximum Gasteiger partial charge on any atom is 0.151 e. The van der Waals surface area contributed by atoms with Crippen LogP contribution in [0.2, 0.25) is 0 Å². The Morgan fingerprint density at radius 1 is 1.42 bits per heavy atom. The molecule has 0 aliphatic carbocycles. The summed E-state index contributed by atoms with van der Waals surface area (Å²) < 4.78 is 23.0. The zero-order valence-corrected chi connectivity index (χ0v) is 12.3. The molecule has 1 aromatic carbocycles. The van der Waals surface area contributed by atoms with Crippen molar-refractivity contribution in [2.45, 2.75) is 32.5 Å². The van der Waals surface area contributed by atoms with Crippen molar-refractivity contribution in [2.24, 2.45) is 0 Å². The Morgan fingerprint density at radius 3 is 2.68 bits per heavy atom. The van der Waals surface area contributed by atoms with Crippen LogP contribution in [0.25, 0.3) is 0 Å². The summed E-state index contributed by atoms with van der Waals surface area (Å²) in [5, 5.41) is 9.14. The molecule has 5 heteroatoms. The van der Waals surface area contributed by atoms with E-state index in [4.69, 9.17) is 5.11 Å². The van der Waals surface area contributed by atoms with Crippen LogP contribution in [-0.2, 0) is 23.0 Å². The fourth-order valence-corrected chi connectivity index (χ4v) is 4.38. The molecular weight excluding hydrogens is 262 g/mol. The molecule has 1 atom stereocenters. The molecule has 4 nitrogen and oxygen atoms in total. The van der Waals surface area contributed by atoms with Crippen molar-refractivity contribution >= 4 is 9.84 Å². The summed E-state index contributed by atoms with van der Waals surface area (Å²) in [5.41, 5.74) is 3.17. The van der Waals surface area contributed by atoms with E-state index in [0.717, 1.165) is 29.7 Å². The number of nitrogens with zero attached hydrogens (tertiary/aromatic N) is 1. The first kappa shape index (κ1) is 14.5. The van der Waals surface area contributed by atoms with E-state index in [9.17, 15) is 8.42 Å². The molecule has 1 unspecified atom stereocenters. The molecule has 0 aromatic heterocycles. The monoisotopic (exact) mass is 283 g/mol. The predicted molar refractivity (Wildman–Crippen MR) is 75.6 cm³/mol. The number of hydrogen-bond donors (Lipinski definition) is 1. The van der Waals surface area contributed by atoms with E-state index in [1.807, 2.05) is 26.1 Å². The van der Waals surface area contributed by atoms with Crippen molar-refractivity contribution in [1.82, 2.24) is 4.90 Å². The molecule has 1 aromatic rings. The highest BCUT2D eigenvalue weighted by molar-refractivity contribution is 7.91. The fraction of sp³-hybridized carbons (Fsp3) is 0.571. The largest absolute Gasteiger partial charge is 0.392 e. The number of aryl methyl sites for hydroxylation is 1. The summed E-state index contributed by atoms with van der Waals surface area (Å²) in [5.74, 6) is 0.585. The second kappa shape index (κ2) is 5.61. The van der Waals surface area contributed by atoms with Gasteiger partial charge in [-0.15, -0.1) is 0 Å². The van der Waals surface area contributed by atoms with Crippen LogP contribution in [0.15, 0.2) is 18.2 Å². The number of rotatable bonds is 4. The van der Waals surface area contributed by atoms with Crippen LogP contribution in [0.1, 0.15) is 23.1 Å². The molecule has 0 amide bonds. The second-order valence-corrected chi connectivity index (χ2v) is 7.62. The van der Waals surface area contributed by atoms with Gasteiger partial charge >= 0.3 is 0 Å². The molecule has 2 rings (SSSR count). The molecule has 0 saturated carbocycles. The minimum atomic E-state index is -2.83. The Hall–Kier alpha value is -0.910. The van der Waals surface area contributed by atoms with Crippen molar-refractivity contribution in [3.63, 3.8) is 0 Å². The van der Waals surface area contributed by atoms with Crippen LogP contribution in [-0.4, -0.2) is 43.0 Å². The first-order valence-corrected chi connectivity index (χ1v) is 8.33. The molecule has 0 spiro atoms. The minimum absolute atomic E-state index is 0.0584. The average Bonchev–Trinajstić information content (AvgIpc) is 2.70. The molecule has 106 valence electrons. The van der Waals surface area contributed by atoms with Gasteiger partial charge in [-0.2, -0.15) is 0 Å². The van der Waals surface area contributed by atoms with E-state index in [2.05, 4.69) is 11.0 Å². The van der Waals surface area contributed by atoms with Crippen molar-refractivity contribution in [3.8, 4) is 0 Å². The van der Waals surface area contributed by atoms with Gasteiger partial charge in [-0.25, -0.2) is 8.42 Å².